The lowest BCUT2D eigenvalue weighted by molar-refractivity contribution is -0.137. The molecule has 0 unspecified atom stereocenters. The predicted molar refractivity (Wildman–Crippen MR) is 100 cm³/mol. The molecule has 0 aliphatic carbocycles. The van der Waals surface area contributed by atoms with Crippen LogP contribution in [0, 0.1) is 0 Å². The highest BCUT2D eigenvalue weighted by molar-refractivity contribution is 6.05. The van der Waals surface area contributed by atoms with E-state index in [2.05, 4.69) is 20.8 Å². The number of benzene rings is 1. The Hall–Kier alpha value is -3.95. The van der Waals surface area contributed by atoms with Gasteiger partial charge in [0.2, 0.25) is 0 Å². The van der Waals surface area contributed by atoms with Crippen molar-refractivity contribution in [3.63, 3.8) is 0 Å². The van der Waals surface area contributed by atoms with Crippen LogP contribution in [0.5, 0.6) is 0 Å². The van der Waals surface area contributed by atoms with E-state index in [1.807, 2.05) is 0 Å². The first-order valence-corrected chi connectivity index (χ1v) is 8.37. The first-order valence-electron chi connectivity index (χ1n) is 8.37. The SMILES string of the molecule is Cn1ccc(C(=O)Nc2cccc(NC(=O)c3cnn(CCC(=O)O)c3)c2)n1. The van der Waals surface area contributed by atoms with Crippen molar-refractivity contribution in [2.24, 2.45) is 7.05 Å². The number of aliphatic carboxylic acids is 1. The lowest BCUT2D eigenvalue weighted by Gasteiger charge is -2.07. The Balaban J connectivity index is 1.63. The highest BCUT2D eigenvalue weighted by Gasteiger charge is 2.12. The van der Waals surface area contributed by atoms with E-state index in [-0.39, 0.29) is 24.6 Å². The van der Waals surface area contributed by atoms with Crippen molar-refractivity contribution in [3.8, 4) is 0 Å². The number of carbonyl (C=O) groups excluding carboxylic acids is 2. The van der Waals surface area contributed by atoms with Gasteiger partial charge in [-0.05, 0) is 24.3 Å². The van der Waals surface area contributed by atoms with Gasteiger partial charge in [-0.25, -0.2) is 0 Å². The highest BCUT2D eigenvalue weighted by Crippen LogP contribution is 2.17. The number of hydrogen-bond donors (Lipinski definition) is 3. The van der Waals surface area contributed by atoms with Gasteiger partial charge in [0.15, 0.2) is 5.69 Å². The fourth-order valence-corrected chi connectivity index (χ4v) is 2.42. The van der Waals surface area contributed by atoms with Crippen LogP contribution in [0.4, 0.5) is 11.4 Å². The van der Waals surface area contributed by atoms with Crippen LogP contribution in [0.25, 0.3) is 0 Å². The summed E-state index contributed by atoms with van der Waals surface area (Å²) in [4.78, 5) is 35.1. The number of aromatic nitrogens is 4. The second kappa shape index (κ2) is 8.16. The number of carbonyl (C=O) groups is 3. The number of hydrogen-bond acceptors (Lipinski definition) is 5. The third-order valence-corrected chi connectivity index (χ3v) is 3.77. The molecule has 0 bridgehead atoms. The average molecular weight is 382 g/mol. The van der Waals surface area contributed by atoms with Gasteiger partial charge in [0.05, 0.1) is 24.7 Å². The van der Waals surface area contributed by atoms with E-state index in [9.17, 15) is 14.4 Å². The van der Waals surface area contributed by atoms with E-state index in [1.165, 1.54) is 21.8 Å². The third kappa shape index (κ3) is 4.81. The van der Waals surface area contributed by atoms with Gasteiger partial charge in [0.25, 0.3) is 11.8 Å². The van der Waals surface area contributed by atoms with Crippen molar-refractivity contribution in [2.45, 2.75) is 13.0 Å². The molecule has 0 saturated carbocycles. The first-order chi connectivity index (χ1) is 13.4. The maximum atomic E-state index is 12.3. The smallest absolute Gasteiger partial charge is 0.305 e. The standard InChI is InChI=1S/C18H18N6O4/c1-23-7-5-15(22-23)18(28)21-14-4-2-3-13(9-14)20-17(27)12-10-19-24(11-12)8-6-16(25)26/h2-5,7,9-11H,6,8H2,1H3,(H,20,27)(H,21,28)(H,25,26). The van der Waals surface area contributed by atoms with Gasteiger partial charge in [-0.1, -0.05) is 6.07 Å². The fourth-order valence-electron chi connectivity index (χ4n) is 2.42. The van der Waals surface area contributed by atoms with Crippen molar-refractivity contribution < 1.29 is 19.5 Å². The Morgan fingerprint density at radius 2 is 1.82 bits per heavy atom. The van der Waals surface area contributed by atoms with E-state index < -0.39 is 11.9 Å². The second-order valence-corrected chi connectivity index (χ2v) is 6.00. The molecule has 10 nitrogen and oxygen atoms in total. The number of nitrogens with zero attached hydrogens (tertiary/aromatic N) is 4. The van der Waals surface area contributed by atoms with Crippen LogP contribution in [-0.4, -0.2) is 42.5 Å². The number of anilines is 2. The lowest BCUT2D eigenvalue weighted by Crippen LogP contribution is -2.14. The molecular weight excluding hydrogens is 364 g/mol. The van der Waals surface area contributed by atoms with E-state index in [1.54, 1.807) is 43.6 Å². The third-order valence-electron chi connectivity index (χ3n) is 3.77. The van der Waals surface area contributed by atoms with E-state index in [0.29, 0.717) is 16.9 Å². The summed E-state index contributed by atoms with van der Waals surface area (Å²) < 4.78 is 2.93. The summed E-state index contributed by atoms with van der Waals surface area (Å²) >= 11 is 0. The molecule has 0 radical (unpaired) electrons. The normalized spacial score (nSPS) is 10.5. The Morgan fingerprint density at radius 3 is 2.46 bits per heavy atom. The average Bonchev–Trinajstić information content (AvgIpc) is 3.29. The maximum Gasteiger partial charge on any atom is 0.305 e. The molecule has 2 aromatic heterocycles. The molecule has 10 heteroatoms. The molecular formula is C18H18N6O4. The molecule has 0 saturated heterocycles. The quantitative estimate of drug-likeness (QED) is 0.569. The summed E-state index contributed by atoms with van der Waals surface area (Å²) in [7, 11) is 1.72. The zero-order chi connectivity index (χ0) is 20.1. The number of aryl methyl sites for hydroxylation is 2. The molecule has 3 aromatic rings. The first kappa shape index (κ1) is 18.8. The molecule has 0 aliphatic heterocycles. The minimum Gasteiger partial charge on any atom is -0.481 e. The molecule has 0 aliphatic rings. The Bertz CT molecular complexity index is 1020. The number of carboxylic acid groups (broad SMARTS) is 1. The summed E-state index contributed by atoms with van der Waals surface area (Å²) in [5, 5.41) is 22.1. The van der Waals surface area contributed by atoms with Gasteiger partial charge in [-0.15, -0.1) is 0 Å². The molecule has 1 aromatic carbocycles. The van der Waals surface area contributed by atoms with Crippen LogP contribution in [0.2, 0.25) is 0 Å². The van der Waals surface area contributed by atoms with Gasteiger partial charge in [-0.3, -0.25) is 23.7 Å². The van der Waals surface area contributed by atoms with Gasteiger partial charge in [-0.2, -0.15) is 10.2 Å². The minimum atomic E-state index is -0.939. The van der Waals surface area contributed by atoms with Crippen molar-refractivity contribution >= 4 is 29.2 Å². The van der Waals surface area contributed by atoms with Gasteiger partial charge >= 0.3 is 5.97 Å². The van der Waals surface area contributed by atoms with Crippen LogP contribution in [0.1, 0.15) is 27.3 Å². The molecule has 3 N–H and O–H groups in total. The van der Waals surface area contributed by atoms with Gasteiger partial charge < -0.3 is 15.7 Å². The number of amides is 2. The van der Waals surface area contributed by atoms with Crippen molar-refractivity contribution in [2.75, 3.05) is 10.6 Å². The second-order valence-electron chi connectivity index (χ2n) is 6.00. The molecule has 2 heterocycles. The maximum absolute atomic E-state index is 12.3. The van der Waals surface area contributed by atoms with E-state index >= 15 is 0 Å². The molecule has 2 amide bonds. The Kier molecular flexibility index (Phi) is 5.49. The summed E-state index contributed by atoms with van der Waals surface area (Å²) in [5.74, 6) is -1.69. The van der Waals surface area contributed by atoms with Crippen LogP contribution >= 0.6 is 0 Å². The predicted octanol–water partition coefficient (Wildman–Crippen LogP) is 1.60. The molecule has 3 rings (SSSR count). The van der Waals surface area contributed by atoms with Gasteiger partial charge in [0, 0.05) is 30.8 Å². The van der Waals surface area contributed by atoms with Crippen LogP contribution in [0.3, 0.4) is 0 Å². The van der Waals surface area contributed by atoms with Crippen LogP contribution in [0.15, 0.2) is 48.9 Å². The zero-order valence-corrected chi connectivity index (χ0v) is 15.0. The summed E-state index contributed by atoms with van der Waals surface area (Å²) in [6.45, 7) is 0.178. The fraction of sp³-hybridized carbons (Fsp3) is 0.167. The topological polar surface area (TPSA) is 131 Å². The zero-order valence-electron chi connectivity index (χ0n) is 15.0. The summed E-state index contributed by atoms with van der Waals surface area (Å²) in [5.41, 5.74) is 1.58. The van der Waals surface area contributed by atoms with E-state index in [4.69, 9.17) is 5.11 Å². The van der Waals surface area contributed by atoms with Gasteiger partial charge in [0.1, 0.15) is 0 Å². The van der Waals surface area contributed by atoms with Crippen molar-refractivity contribution in [1.82, 2.24) is 19.6 Å². The molecule has 0 atom stereocenters. The summed E-state index contributed by atoms with van der Waals surface area (Å²) in [6, 6.07) is 8.29. The van der Waals surface area contributed by atoms with Crippen LogP contribution in [-0.2, 0) is 18.4 Å². The van der Waals surface area contributed by atoms with E-state index in [0.717, 1.165) is 0 Å². The molecule has 28 heavy (non-hydrogen) atoms. The summed E-state index contributed by atoms with van der Waals surface area (Å²) in [6.07, 6.45) is 4.43. The number of rotatable bonds is 7. The monoisotopic (exact) mass is 382 g/mol. The Labute approximate surface area is 159 Å². The molecule has 144 valence electrons. The minimum absolute atomic E-state index is 0.0826. The molecule has 0 fully saturated rings. The Morgan fingerprint density at radius 1 is 1.11 bits per heavy atom. The highest BCUT2D eigenvalue weighted by atomic mass is 16.4. The largest absolute Gasteiger partial charge is 0.481 e. The number of nitrogens with one attached hydrogen (secondary N) is 2. The number of carboxylic acids is 1. The van der Waals surface area contributed by atoms with Crippen LogP contribution < -0.4 is 10.6 Å². The van der Waals surface area contributed by atoms with Crippen molar-refractivity contribution in [3.05, 3.63) is 60.2 Å². The van der Waals surface area contributed by atoms with Crippen molar-refractivity contribution in [1.29, 1.82) is 0 Å². The lowest BCUT2D eigenvalue weighted by atomic mass is 10.2. The molecule has 0 spiro atoms.